The van der Waals surface area contributed by atoms with Crippen LogP contribution in [-0.2, 0) is 4.79 Å². The van der Waals surface area contributed by atoms with Gasteiger partial charge in [0.15, 0.2) is 0 Å². The van der Waals surface area contributed by atoms with Gasteiger partial charge in [0.1, 0.15) is 0 Å². The predicted octanol–water partition coefficient (Wildman–Crippen LogP) is 2.66. The minimum absolute atomic E-state index is 0.0159. The van der Waals surface area contributed by atoms with E-state index in [0.29, 0.717) is 6.54 Å². The summed E-state index contributed by atoms with van der Waals surface area (Å²) in [6, 6.07) is 0. The lowest BCUT2D eigenvalue weighted by Crippen LogP contribution is -2.45. The molecule has 1 aliphatic rings. The first-order valence-electron chi connectivity index (χ1n) is 7.32. The van der Waals surface area contributed by atoms with Crippen LogP contribution < -0.4 is 5.32 Å². The van der Waals surface area contributed by atoms with Crippen LogP contribution in [0, 0.1) is 11.8 Å². The van der Waals surface area contributed by atoms with Gasteiger partial charge >= 0.3 is 0 Å². The van der Waals surface area contributed by atoms with Crippen molar-refractivity contribution < 1.29 is 4.79 Å². The molecule has 0 aromatic heterocycles. The Labute approximate surface area is 112 Å². The summed E-state index contributed by atoms with van der Waals surface area (Å²) in [6.07, 6.45) is 3.59. The van der Waals surface area contributed by atoms with E-state index < -0.39 is 0 Å². The highest BCUT2D eigenvalue weighted by Crippen LogP contribution is 2.24. The number of nitrogens with one attached hydrogen (secondary N) is 1. The number of amides is 1. The highest BCUT2D eigenvalue weighted by Gasteiger charge is 2.22. The SMILES string of the molecule is CC(C)C1CCCN(C(=O)CNC(C)(C)C)CC1. The fourth-order valence-electron chi connectivity index (χ4n) is 2.49. The van der Waals surface area contributed by atoms with Crippen LogP contribution in [0.25, 0.3) is 0 Å². The summed E-state index contributed by atoms with van der Waals surface area (Å²) < 4.78 is 0. The van der Waals surface area contributed by atoms with Crippen LogP contribution in [0.3, 0.4) is 0 Å². The molecular weight excluding hydrogens is 224 g/mol. The van der Waals surface area contributed by atoms with Crippen molar-refractivity contribution in [3.05, 3.63) is 0 Å². The van der Waals surface area contributed by atoms with Crippen molar-refractivity contribution in [2.45, 2.75) is 59.4 Å². The Morgan fingerprint density at radius 3 is 2.50 bits per heavy atom. The first kappa shape index (κ1) is 15.5. The van der Waals surface area contributed by atoms with Crippen LogP contribution in [0.15, 0.2) is 0 Å². The number of hydrogen-bond acceptors (Lipinski definition) is 2. The van der Waals surface area contributed by atoms with E-state index >= 15 is 0 Å². The maximum atomic E-state index is 12.1. The van der Waals surface area contributed by atoms with Crippen LogP contribution >= 0.6 is 0 Å². The molecular formula is C15H30N2O. The summed E-state index contributed by atoms with van der Waals surface area (Å²) in [5, 5.41) is 3.28. The second kappa shape index (κ2) is 6.55. The molecule has 0 aromatic rings. The normalized spacial score (nSPS) is 22.1. The van der Waals surface area contributed by atoms with Gasteiger partial charge in [-0.25, -0.2) is 0 Å². The van der Waals surface area contributed by atoms with Crippen LogP contribution in [0.2, 0.25) is 0 Å². The summed E-state index contributed by atoms with van der Waals surface area (Å²) in [6.45, 7) is 13.2. The molecule has 0 bridgehead atoms. The van der Waals surface area contributed by atoms with Crippen molar-refractivity contribution in [1.29, 1.82) is 0 Å². The molecule has 3 heteroatoms. The lowest BCUT2D eigenvalue weighted by Gasteiger charge is -2.25. The summed E-state index contributed by atoms with van der Waals surface area (Å²) in [5.41, 5.74) is 0.0159. The lowest BCUT2D eigenvalue weighted by atomic mass is 9.89. The van der Waals surface area contributed by atoms with Gasteiger partial charge in [-0.15, -0.1) is 0 Å². The molecule has 1 saturated heterocycles. The zero-order chi connectivity index (χ0) is 13.8. The van der Waals surface area contributed by atoms with Gasteiger partial charge in [0.25, 0.3) is 0 Å². The predicted molar refractivity (Wildman–Crippen MR) is 76.5 cm³/mol. The minimum atomic E-state index is 0.0159. The van der Waals surface area contributed by atoms with E-state index in [0.717, 1.165) is 31.3 Å². The van der Waals surface area contributed by atoms with Gasteiger partial charge in [-0.3, -0.25) is 4.79 Å². The first-order valence-corrected chi connectivity index (χ1v) is 7.32. The number of rotatable bonds is 3. The summed E-state index contributed by atoms with van der Waals surface area (Å²) in [4.78, 5) is 14.2. The molecule has 3 nitrogen and oxygen atoms in total. The van der Waals surface area contributed by atoms with E-state index in [1.54, 1.807) is 0 Å². The van der Waals surface area contributed by atoms with Gasteiger partial charge in [-0.2, -0.15) is 0 Å². The maximum absolute atomic E-state index is 12.1. The average molecular weight is 254 g/mol. The maximum Gasteiger partial charge on any atom is 0.236 e. The zero-order valence-corrected chi connectivity index (χ0v) is 12.8. The fraction of sp³-hybridized carbons (Fsp3) is 0.933. The van der Waals surface area contributed by atoms with Gasteiger partial charge in [0.2, 0.25) is 5.91 Å². The quantitative estimate of drug-likeness (QED) is 0.840. The Morgan fingerprint density at radius 2 is 1.94 bits per heavy atom. The van der Waals surface area contributed by atoms with Crippen LogP contribution in [-0.4, -0.2) is 36.0 Å². The molecule has 1 amide bonds. The molecule has 0 spiro atoms. The van der Waals surface area contributed by atoms with Crippen molar-refractivity contribution in [1.82, 2.24) is 10.2 Å². The van der Waals surface area contributed by atoms with Gasteiger partial charge in [-0.1, -0.05) is 13.8 Å². The molecule has 106 valence electrons. The van der Waals surface area contributed by atoms with Crippen LogP contribution in [0.5, 0.6) is 0 Å². The topological polar surface area (TPSA) is 32.3 Å². The number of hydrogen-bond donors (Lipinski definition) is 1. The molecule has 0 saturated carbocycles. The molecule has 0 aromatic carbocycles. The monoisotopic (exact) mass is 254 g/mol. The molecule has 18 heavy (non-hydrogen) atoms. The number of carbonyl (C=O) groups excluding carboxylic acids is 1. The van der Waals surface area contributed by atoms with Crippen molar-refractivity contribution in [2.24, 2.45) is 11.8 Å². The molecule has 1 rings (SSSR count). The minimum Gasteiger partial charge on any atom is -0.342 e. The molecule has 1 fully saturated rings. The smallest absolute Gasteiger partial charge is 0.236 e. The summed E-state index contributed by atoms with van der Waals surface area (Å²) >= 11 is 0. The Morgan fingerprint density at radius 1 is 1.28 bits per heavy atom. The highest BCUT2D eigenvalue weighted by atomic mass is 16.2. The third-order valence-corrected chi connectivity index (χ3v) is 3.84. The van der Waals surface area contributed by atoms with Crippen molar-refractivity contribution in [2.75, 3.05) is 19.6 Å². The van der Waals surface area contributed by atoms with Crippen LogP contribution in [0.1, 0.15) is 53.9 Å². The Balaban J connectivity index is 2.40. The van der Waals surface area contributed by atoms with Crippen molar-refractivity contribution in [3.63, 3.8) is 0 Å². The molecule has 1 N–H and O–H groups in total. The largest absolute Gasteiger partial charge is 0.342 e. The molecule has 1 aliphatic heterocycles. The standard InChI is InChI=1S/C15H30N2O/c1-12(2)13-7-6-9-17(10-8-13)14(18)11-16-15(3,4)5/h12-13,16H,6-11H2,1-5H3. The molecule has 1 atom stereocenters. The van der Waals surface area contributed by atoms with E-state index in [-0.39, 0.29) is 11.4 Å². The number of carbonyl (C=O) groups is 1. The fourth-order valence-corrected chi connectivity index (χ4v) is 2.49. The second-order valence-corrected chi connectivity index (χ2v) is 6.92. The average Bonchev–Trinajstić information content (AvgIpc) is 2.50. The number of likely N-dealkylation sites (tertiary alicyclic amines) is 1. The Bertz CT molecular complexity index is 268. The van der Waals surface area contributed by atoms with Gasteiger partial charge in [-0.05, 0) is 51.9 Å². The zero-order valence-electron chi connectivity index (χ0n) is 12.8. The molecule has 0 radical (unpaired) electrons. The lowest BCUT2D eigenvalue weighted by molar-refractivity contribution is -0.130. The first-order chi connectivity index (χ1) is 8.29. The van der Waals surface area contributed by atoms with E-state index in [1.165, 1.54) is 12.8 Å². The third kappa shape index (κ3) is 5.38. The summed E-state index contributed by atoms with van der Waals surface area (Å²) in [7, 11) is 0. The molecule has 1 unspecified atom stereocenters. The van der Waals surface area contributed by atoms with Crippen molar-refractivity contribution in [3.8, 4) is 0 Å². The second-order valence-electron chi connectivity index (χ2n) is 6.92. The Hall–Kier alpha value is -0.570. The van der Waals surface area contributed by atoms with Gasteiger partial charge in [0.05, 0.1) is 6.54 Å². The van der Waals surface area contributed by atoms with Crippen LogP contribution in [0.4, 0.5) is 0 Å². The van der Waals surface area contributed by atoms with Crippen molar-refractivity contribution >= 4 is 5.91 Å². The van der Waals surface area contributed by atoms with E-state index in [9.17, 15) is 4.79 Å². The van der Waals surface area contributed by atoms with Gasteiger partial charge < -0.3 is 10.2 Å². The number of nitrogens with zero attached hydrogens (tertiary/aromatic N) is 1. The highest BCUT2D eigenvalue weighted by molar-refractivity contribution is 5.78. The molecule has 0 aliphatic carbocycles. The van der Waals surface area contributed by atoms with Gasteiger partial charge in [0, 0.05) is 18.6 Å². The Kier molecular flexibility index (Phi) is 5.64. The third-order valence-electron chi connectivity index (χ3n) is 3.84. The van der Waals surface area contributed by atoms with E-state index in [1.807, 2.05) is 4.90 Å². The van der Waals surface area contributed by atoms with E-state index in [4.69, 9.17) is 0 Å². The van der Waals surface area contributed by atoms with E-state index in [2.05, 4.69) is 39.9 Å². The molecule has 1 heterocycles. The summed E-state index contributed by atoms with van der Waals surface area (Å²) in [5.74, 6) is 1.79.